The highest BCUT2D eigenvalue weighted by atomic mass is 19.3. The first-order valence-corrected chi connectivity index (χ1v) is 9.96. The molecule has 0 saturated carbocycles. The van der Waals surface area contributed by atoms with Crippen LogP contribution in [0, 0.1) is 0 Å². The van der Waals surface area contributed by atoms with E-state index in [0.29, 0.717) is 16.9 Å². The van der Waals surface area contributed by atoms with Gasteiger partial charge in [0.05, 0.1) is 5.69 Å². The maximum absolute atomic E-state index is 12.9. The van der Waals surface area contributed by atoms with E-state index in [1.54, 1.807) is 31.3 Å². The molecule has 1 heterocycles. The third-order valence-corrected chi connectivity index (χ3v) is 4.54. The summed E-state index contributed by atoms with van der Waals surface area (Å²) in [6.07, 6.45) is 5.42. The minimum atomic E-state index is -2.59. The number of nitrogens with zero attached hydrogens (tertiary/aromatic N) is 1. The number of alkyl halides is 2. The first-order valence-electron chi connectivity index (χ1n) is 9.96. The van der Waals surface area contributed by atoms with Crippen LogP contribution in [0.1, 0.15) is 44.7 Å². The van der Waals surface area contributed by atoms with Gasteiger partial charge in [-0.1, -0.05) is 38.1 Å². The van der Waals surface area contributed by atoms with Gasteiger partial charge in [-0.25, -0.2) is 13.6 Å². The Labute approximate surface area is 181 Å². The molecule has 0 bridgehead atoms. The lowest BCUT2D eigenvalue weighted by Gasteiger charge is -2.20. The Kier molecular flexibility index (Phi) is 8.67. The van der Waals surface area contributed by atoms with Gasteiger partial charge in [-0.3, -0.25) is 4.98 Å². The zero-order valence-electron chi connectivity index (χ0n) is 18.1. The van der Waals surface area contributed by atoms with E-state index in [1.165, 1.54) is 0 Å². The van der Waals surface area contributed by atoms with Crippen LogP contribution in [-0.2, 0) is 4.79 Å². The van der Waals surface area contributed by atoms with Crippen LogP contribution in [0.3, 0.4) is 0 Å². The standard InChI is InChI=1S/C25H27F2NO3/c1-16(2)20-13-19(22-10-5-6-11-28-22)14-21(25(20)31-15-23(26)27)18(4)9-7-8-17(3)12-24(29)30/h5-14,16,23H,15H2,1-4H3,(H,29,30). The zero-order valence-corrected chi connectivity index (χ0v) is 18.1. The van der Waals surface area contributed by atoms with Gasteiger partial charge in [-0.05, 0) is 60.7 Å². The number of hydrogen-bond donors (Lipinski definition) is 1. The van der Waals surface area contributed by atoms with E-state index in [-0.39, 0.29) is 5.92 Å². The molecule has 0 spiro atoms. The zero-order chi connectivity index (χ0) is 23.0. The van der Waals surface area contributed by atoms with Crippen molar-refractivity contribution in [2.24, 2.45) is 0 Å². The minimum Gasteiger partial charge on any atom is -0.487 e. The van der Waals surface area contributed by atoms with Crippen molar-refractivity contribution in [1.29, 1.82) is 0 Å². The summed E-state index contributed by atoms with van der Waals surface area (Å²) in [5, 5.41) is 8.82. The van der Waals surface area contributed by atoms with Crippen LogP contribution >= 0.6 is 0 Å². The molecule has 4 nitrogen and oxygen atoms in total. The average molecular weight is 427 g/mol. The first kappa shape index (κ1) is 24.0. The van der Waals surface area contributed by atoms with Crippen LogP contribution in [0.2, 0.25) is 0 Å². The topological polar surface area (TPSA) is 59.4 Å². The molecule has 2 rings (SSSR count). The third kappa shape index (κ3) is 7.17. The normalized spacial score (nSPS) is 12.8. The van der Waals surface area contributed by atoms with Gasteiger partial charge < -0.3 is 9.84 Å². The second-order valence-electron chi connectivity index (χ2n) is 7.45. The van der Waals surface area contributed by atoms with Gasteiger partial charge in [0.15, 0.2) is 0 Å². The van der Waals surface area contributed by atoms with Gasteiger partial charge >= 0.3 is 5.97 Å². The molecule has 0 aliphatic heterocycles. The van der Waals surface area contributed by atoms with Gasteiger partial charge in [0, 0.05) is 23.4 Å². The van der Waals surface area contributed by atoms with Crippen molar-refractivity contribution in [2.75, 3.05) is 6.61 Å². The molecule has 0 radical (unpaired) electrons. The predicted octanol–water partition coefficient (Wildman–Crippen LogP) is 6.51. The summed E-state index contributed by atoms with van der Waals surface area (Å²) >= 11 is 0. The van der Waals surface area contributed by atoms with Gasteiger partial charge in [0.1, 0.15) is 12.4 Å². The lowest BCUT2D eigenvalue weighted by molar-refractivity contribution is -0.131. The number of rotatable bonds is 9. The van der Waals surface area contributed by atoms with Gasteiger partial charge in [0.25, 0.3) is 6.43 Å². The van der Waals surface area contributed by atoms with Crippen LogP contribution in [-0.4, -0.2) is 29.1 Å². The van der Waals surface area contributed by atoms with Crippen molar-refractivity contribution < 1.29 is 23.4 Å². The number of carboxylic acid groups (broad SMARTS) is 1. The molecule has 2 aromatic rings. The maximum atomic E-state index is 12.9. The second-order valence-corrected chi connectivity index (χ2v) is 7.45. The van der Waals surface area contributed by atoms with E-state index >= 15 is 0 Å². The SMILES string of the molecule is CC(C=CC=C(C)c1cc(-c2ccccn2)cc(C(C)C)c1OCC(F)F)=CC(=O)O. The van der Waals surface area contributed by atoms with Crippen LogP contribution in [0.5, 0.6) is 5.75 Å². The Hall–Kier alpha value is -3.28. The third-order valence-electron chi connectivity index (χ3n) is 4.54. The van der Waals surface area contributed by atoms with Gasteiger partial charge in [0.2, 0.25) is 0 Å². The summed E-state index contributed by atoms with van der Waals surface area (Å²) in [6.45, 7) is 6.81. The summed E-state index contributed by atoms with van der Waals surface area (Å²) in [7, 11) is 0. The van der Waals surface area contributed by atoms with Crippen molar-refractivity contribution in [2.45, 2.75) is 40.0 Å². The molecule has 1 aromatic heterocycles. The fourth-order valence-electron chi connectivity index (χ4n) is 3.04. The average Bonchev–Trinajstić information content (AvgIpc) is 2.71. The number of allylic oxidation sites excluding steroid dienone is 5. The molecule has 6 heteroatoms. The molecule has 0 fully saturated rings. The van der Waals surface area contributed by atoms with Gasteiger partial charge in [-0.2, -0.15) is 0 Å². The summed E-state index contributed by atoms with van der Waals surface area (Å²) < 4.78 is 31.4. The smallest absolute Gasteiger partial charge is 0.328 e. The number of aliphatic carboxylic acids is 1. The van der Waals surface area contributed by atoms with Gasteiger partial charge in [-0.15, -0.1) is 0 Å². The van der Waals surface area contributed by atoms with E-state index < -0.39 is 19.0 Å². The number of carbonyl (C=O) groups is 1. The lowest BCUT2D eigenvalue weighted by atomic mass is 9.92. The molecule has 164 valence electrons. The Morgan fingerprint density at radius 2 is 1.97 bits per heavy atom. The van der Waals surface area contributed by atoms with Crippen molar-refractivity contribution in [3.63, 3.8) is 0 Å². The number of aromatic nitrogens is 1. The van der Waals surface area contributed by atoms with Crippen LogP contribution in [0.4, 0.5) is 8.78 Å². The molecule has 0 unspecified atom stereocenters. The highest BCUT2D eigenvalue weighted by Gasteiger charge is 2.18. The second kappa shape index (κ2) is 11.2. The summed E-state index contributed by atoms with van der Waals surface area (Å²) in [6, 6.07) is 9.43. The van der Waals surface area contributed by atoms with Crippen molar-refractivity contribution in [1.82, 2.24) is 4.98 Å². The Balaban J connectivity index is 2.59. The monoisotopic (exact) mass is 427 g/mol. The molecule has 0 aliphatic carbocycles. The fourth-order valence-corrected chi connectivity index (χ4v) is 3.04. The first-order chi connectivity index (χ1) is 14.7. The van der Waals surface area contributed by atoms with Crippen molar-refractivity contribution in [3.05, 3.63) is 77.5 Å². The van der Waals surface area contributed by atoms with Crippen LogP contribution < -0.4 is 4.74 Å². The van der Waals surface area contributed by atoms with Crippen LogP contribution in [0.25, 0.3) is 16.8 Å². The fraction of sp³-hybridized carbons (Fsp3) is 0.280. The summed E-state index contributed by atoms with van der Waals surface area (Å²) in [5.74, 6) is -0.552. The van der Waals surface area contributed by atoms with E-state index in [9.17, 15) is 13.6 Å². The Bertz CT molecular complexity index is 993. The molecule has 0 aliphatic rings. The molecular formula is C25H27F2NO3. The molecule has 31 heavy (non-hydrogen) atoms. The van der Waals surface area contributed by atoms with E-state index in [4.69, 9.17) is 9.84 Å². The number of ether oxygens (including phenoxy) is 1. The maximum Gasteiger partial charge on any atom is 0.328 e. The lowest BCUT2D eigenvalue weighted by Crippen LogP contribution is -2.11. The number of benzene rings is 1. The van der Waals surface area contributed by atoms with Crippen LogP contribution in [0.15, 0.2) is 66.4 Å². The number of carboxylic acids is 1. The van der Waals surface area contributed by atoms with E-state index in [2.05, 4.69) is 4.98 Å². The number of hydrogen-bond acceptors (Lipinski definition) is 3. The van der Waals surface area contributed by atoms with E-state index in [1.807, 2.05) is 51.1 Å². The molecule has 0 saturated heterocycles. The molecular weight excluding hydrogens is 400 g/mol. The quantitative estimate of drug-likeness (QED) is 0.366. The largest absolute Gasteiger partial charge is 0.487 e. The molecule has 1 N–H and O–H groups in total. The molecule has 0 amide bonds. The van der Waals surface area contributed by atoms with Crippen molar-refractivity contribution >= 4 is 11.5 Å². The molecule has 1 aromatic carbocycles. The summed E-state index contributed by atoms with van der Waals surface area (Å²) in [4.78, 5) is 15.2. The van der Waals surface area contributed by atoms with Crippen molar-refractivity contribution in [3.8, 4) is 17.0 Å². The van der Waals surface area contributed by atoms with E-state index in [0.717, 1.165) is 28.5 Å². The molecule has 0 atom stereocenters. The minimum absolute atomic E-state index is 0.0409. The highest BCUT2D eigenvalue weighted by molar-refractivity contribution is 5.81. The number of halogens is 2. The Morgan fingerprint density at radius 1 is 1.23 bits per heavy atom. The summed E-state index contributed by atoms with van der Waals surface area (Å²) in [5.41, 5.74) is 4.52. The Morgan fingerprint density at radius 3 is 2.55 bits per heavy atom. The highest BCUT2D eigenvalue weighted by Crippen LogP contribution is 2.38. The number of pyridine rings is 1. The predicted molar refractivity (Wildman–Crippen MR) is 119 cm³/mol.